The lowest BCUT2D eigenvalue weighted by atomic mass is 10.1. The van der Waals surface area contributed by atoms with E-state index in [-0.39, 0.29) is 58.1 Å². The van der Waals surface area contributed by atoms with Gasteiger partial charge in [-0.1, -0.05) is 23.7 Å². The van der Waals surface area contributed by atoms with E-state index in [9.17, 15) is 33.7 Å². The predicted octanol–water partition coefficient (Wildman–Crippen LogP) is 5.43. The summed E-state index contributed by atoms with van der Waals surface area (Å²) in [6.45, 7) is 1.47. The van der Waals surface area contributed by atoms with Crippen molar-refractivity contribution in [3.8, 4) is 11.5 Å². The van der Waals surface area contributed by atoms with Crippen molar-refractivity contribution in [1.29, 1.82) is 0 Å². The van der Waals surface area contributed by atoms with Crippen LogP contribution in [-0.2, 0) is 22.7 Å². The van der Waals surface area contributed by atoms with E-state index in [2.05, 4.69) is 5.32 Å². The molecule has 1 aliphatic rings. The minimum Gasteiger partial charge on any atom is -0.395 e. The number of non-ortho nitro benzene ring substituents is 1. The van der Waals surface area contributed by atoms with Crippen molar-refractivity contribution in [1.82, 2.24) is 14.8 Å². The molecule has 0 radical (unpaired) electrons. The van der Waals surface area contributed by atoms with Gasteiger partial charge in [0.2, 0.25) is 11.8 Å². The number of amides is 2. The number of fused-ring (bicyclic) bond motifs is 1. The summed E-state index contributed by atoms with van der Waals surface area (Å²) in [5, 5.41) is 13.9. The SMILES string of the molecule is CC(=O)c1cn(CC(=O)N2CCCC2C(=O)NCc2cccc(Cl)c2F)c2ccc(OC(=O)Oc3ccc([N+](=O)[O-])cc3)cc12. The molecule has 0 spiro atoms. The maximum atomic E-state index is 14.2. The first-order chi connectivity index (χ1) is 21.5. The molecule has 5 rings (SSSR count). The van der Waals surface area contributed by atoms with E-state index in [1.54, 1.807) is 16.7 Å². The van der Waals surface area contributed by atoms with E-state index < -0.39 is 28.8 Å². The van der Waals surface area contributed by atoms with Gasteiger partial charge in [0.1, 0.15) is 29.9 Å². The first kappa shape index (κ1) is 31.1. The minimum absolute atomic E-state index is 0.0336. The summed E-state index contributed by atoms with van der Waals surface area (Å²) in [5.41, 5.74) is 0.854. The van der Waals surface area contributed by atoms with Gasteiger partial charge < -0.3 is 24.3 Å². The summed E-state index contributed by atoms with van der Waals surface area (Å²) >= 11 is 5.82. The molecule has 0 bridgehead atoms. The minimum atomic E-state index is -1.10. The standard InChI is InChI=1S/C31H26ClFN4O8/c1-18(38)24-16-35(17-28(39)36-13-3-6-27(36)30(40)34-15-19-4-2-5-25(32)29(19)33)26-12-11-22(14-23(24)26)45-31(41)44-21-9-7-20(8-10-21)37(42)43/h2,4-5,7-12,14,16,27H,3,6,13,15,17H2,1H3,(H,34,40). The zero-order valence-corrected chi connectivity index (χ0v) is 24.6. The summed E-state index contributed by atoms with van der Waals surface area (Å²) in [6, 6.07) is 13.1. The van der Waals surface area contributed by atoms with Crippen molar-refractivity contribution in [3.05, 3.63) is 98.9 Å². The van der Waals surface area contributed by atoms with Crippen LogP contribution in [-0.4, -0.2) is 50.7 Å². The van der Waals surface area contributed by atoms with Gasteiger partial charge in [0.05, 0.1) is 9.95 Å². The monoisotopic (exact) mass is 636 g/mol. The number of ketones is 1. The molecule has 0 aliphatic carbocycles. The highest BCUT2D eigenvalue weighted by Crippen LogP contribution is 2.28. The van der Waals surface area contributed by atoms with Crippen molar-refractivity contribution in [2.45, 2.75) is 38.9 Å². The third-order valence-corrected chi connectivity index (χ3v) is 7.64. The van der Waals surface area contributed by atoms with E-state index in [0.29, 0.717) is 30.3 Å². The number of aromatic nitrogens is 1. The molecule has 1 N–H and O–H groups in total. The zero-order valence-electron chi connectivity index (χ0n) is 23.8. The third-order valence-electron chi connectivity index (χ3n) is 7.35. The molecule has 232 valence electrons. The average Bonchev–Trinajstić information content (AvgIpc) is 3.63. The zero-order chi connectivity index (χ0) is 32.2. The Morgan fingerprint density at radius 3 is 2.49 bits per heavy atom. The number of carbonyl (C=O) groups excluding carboxylic acids is 4. The highest BCUT2D eigenvalue weighted by Gasteiger charge is 2.34. The van der Waals surface area contributed by atoms with Crippen LogP contribution in [0.3, 0.4) is 0 Å². The Morgan fingerprint density at radius 2 is 1.78 bits per heavy atom. The Bertz CT molecular complexity index is 1820. The molecule has 14 heteroatoms. The number of benzene rings is 3. The lowest BCUT2D eigenvalue weighted by molar-refractivity contribution is -0.384. The van der Waals surface area contributed by atoms with Crippen LogP contribution >= 0.6 is 11.6 Å². The first-order valence-corrected chi connectivity index (χ1v) is 14.2. The highest BCUT2D eigenvalue weighted by atomic mass is 35.5. The van der Waals surface area contributed by atoms with E-state index >= 15 is 0 Å². The Kier molecular flexibility index (Phi) is 9.09. The van der Waals surface area contributed by atoms with Crippen molar-refractivity contribution in [3.63, 3.8) is 0 Å². The van der Waals surface area contributed by atoms with E-state index in [1.807, 2.05) is 0 Å². The first-order valence-electron chi connectivity index (χ1n) is 13.8. The summed E-state index contributed by atoms with van der Waals surface area (Å²) in [4.78, 5) is 62.9. The predicted molar refractivity (Wildman–Crippen MR) is 160 cm³/mol. The van der Waals surface area contributed by atoms with Gasteiger partial charge in [0.25, 0.3) is 5.69 Å². The number of Topliss-reactive ketones (excluding diaryl/α,β-unsaturated/α-hetero) is 1. The molecule has 4 aromatic rings. The molecule has 2 heterocycles. The van der Waals surface area contributed by atoms with E-state index in [0.717, 1.165) is 0 Å². The van der Waals surface area contributed by atoms with Gasteiger partial charge in [-0.25, -0.2) is 9.18 Å². The fraction of sp³-hybridized carbons (Fsp3) is 0.226. The van der Waals surface area contributed by atoms with Gasteiger partial charge in [-0.2, -0.15) is 0 Å². The van der Waals surface area contributed by atoms with Crippen molar-refractivity contribution >= 4 is 51.9 Å². The van der Waals surface area contributed by atoms with Crippen LogP contribution in [0.2, 0.25) is 5.02 Å². The summed E-state index contributed by atoms with van der Waals surface area (Å²) in [7, 11) is 0. The topological polar surface area (TPSA) is 150 Å². The van der Waals surface area contributed by atoms with Crippen molar-refractivity contribution in [2.24, 2.45) is 0 Å². The third kappa shape index (κ3) is 6.93. The smallest absolute Gasteiger partial charge is 0.395 e. The molecule has 1 aromatic heterocycles. The summed E-state index contributed by atoms with van der Waals surface area (Å²) in [5.74, 6) is -1.57. The number of rotatable bonds is 9. The molecule has 3 aromatic carbocycles. The van der Waals surface area contributed by atoms with Crippen LogP contribution in [0.5, 0.6) is 11.5 Å². The van der Waals surface area contributed by atoms with Crippen LogP contribution < -0.4 is 14.8 Å². The largest absolute Gasteiger partial charge is 0.519 e. The molecule has 1 atom stereocenters. The fourth-order valence-corrected chi connectivity index (χ4v) is 5.35. The van der Waals surface area contributed by atoms with Gasteiger partial charge >= 0.3 is 6.16 Å². The number of hydrogen-bond acceptors (Lipinski definition) is 8. The number of ether oxygens (including phenoxy) is 2. The quantitative estimate of drug-likeness (QED) is 0.0840. The van der Waals surface area contributed by atoms with Crippen LogP contribution in [0, 0.1) is 15.9 Å². The number of nitrogens with zero attached hydrogens (tertiary/aromatic N) is 3. The van der Waals surface area contributed by atoms with E-state index in [1.165, 1.54) is 66.6 Å². The average molecular weight is 637 g/mol. The number of likely N-dealkylation sites (tertiary alicyclic amines) is 1. The molecule has 1 fully saturated rings. The molecule has 1 saturated heterocycles. The maximum absolute atomic E-state index is 14.2. The van der Waals surface area contributed by atoms with Gasteiger partial charge in [0.15, 0.2) is 5.78 Å². The highest BCUT2D eigenvalue weighted by molar-refractivity contribution is 6.30. The van der Waals surface area contributed by atoms with Gasteiger partial charge in [0, 0.05) is 53.4 Å². The Labute approximate surface area is 260 Å². The lowest BCUT2D eigenvalue weighted by Crippen LogP contribution is -2.46. The summed E-state index contributed by atoms with van der Waals surface area (Å²) < 4.78 is 26.2. The Balaban J connectivity index is 1.27. The second-order valence-corrected chi connectivity index (χ2v) is 10.7. The Hall–Kier alpha value is -5.30. The van der Waals surface area contributed by atoms with Crippen LogP contribution in [0.4, 0.5) is 14.9 Å². The lowest BCUT2D eigenvalue weighted by Gasteiger charge is -2.24. The fourth-order valence-electron chi connectivity index (χ4n) is 5.16. The van der Waals surface area contributed by atoms with Gasteiger partial charge in [-0.15, -0.1) is 0 Å². The van der Waals surface area contributed by atoms with E-state index in [4.69, 9.17) is 21.1 Å². The summed E-state index contributed by atoms with van der Waals surface area (Å²) in [6.07, 6.45) is 1.48. The van der Waals surface area contributed by atoms with Crippen LogP contribution in [0.15, 0.2) is 66.9 Å². The van der Waals surface area contributed by atoms with Crippen LogP contribution in [0.1, 0.15) is 35.7 Å². The van der Waals surface area contributed by atoms with Gasteiger partial charge in [-0.3, -0.25) is 24.5 Å². The van der Waals surface area contributed by atoms with Gasteiger partial charge in [-0.05, 0) is 56.2 Å². The van der Waals surface area contributed by atoms with Crippen LogP contribution in [0.25, 0.3) is 10.9 Å². The Morgan fingerprint density at radius 1 is 1.07 bits per heavy atom. The molecule has 12 nitrogen and oxygen atoms in total. The molecular weight excluding hydrogens is 611 g/mol. The molecule has 2 amide bonds. The maximum Gasteiger partial charge on any atom is 0.519 e. The number of halogens is 2. The number of carbonyl (C=O) groups is 4. The number of nitrogens with one attached hydrogen (secondary N) is 1. The number of nitro benzene ring substituents is 1. The molecule has 45 heavy (non-hydrogen) atoms. The second kappa shape index (κ2) is 13.1. The molecule has 0 saturated carbocycles. The normalized spacial score (nSPS) is 14.3. The van der Waals surface area contributed by atoms with Crippen molar-refractivity contribution < 1.29 is 38.0 Å². The van der Waals surface area contributed by atoms with Crippen molar-refractivity contribution in [2.75, 3.05) is 6.54 Å². The molecule has 1 unspecified atom stereocenters. The second-order valence-electron chi connectivity index (χ2n) is 10.3. The number of nitro groups is 1. The molecular formula is C31H26ClFN4O8. The number of hydrogen-bond donors (Lipinski definition) is 1. The molecule has 1 aliphatic heterocycles.